The van der Waals surface area contributed by atoms with E-state index in [1.165, 1.54) is 4.90 Å². The topological polar surface area (TPSA) is 57.6 Å². The minimum Gasteiger partial charge on any atom is -0.480 e. The van der Waals surface area contributed by atoms with Crippen molar-refractivity contribution in [1.29, 1.82) is 0 Å². The summed E-state index contributed by atoms with van der Waals surface area (Å²) in [5, 5.41) is 8.82. The Morgan fingerprint density at radius 3 is 2.54 bits per heavy atom. The molecule has 1 N–H and O–H groups in total. The quantitative estimate of drug-likeness (QED) is 0.689. The van der Waals surface area contributed by atoms with Crippen molar-refractivity contribution in [1.82, 2.24) is 4.90 Å². The molecule has 0 bridgehead atoms. The van der Waals surface area contributed by atoms with E-state index in [2.05, 4.69) is 0 Å². The molecule has 0 spiro atoms. The third-order valence-corrected chi connectivity index (χ3v) is 2.31. The van der Waals surface area contributed by atoms with Crippen LogP contribution in [0.25, 0.3) is 0 Å². The molecule has 1 unspecified atom stereocenters. The van der Waals surface area contributed by atoms with Crippen LogP contribution in [0.4, 0.5) is 0 Å². The zero-order valence-electron chi connectivity index (χ0n) is 7.99. The van der Waals surface area contributed by atoms with Gasteiger partial charge in [-0.3, -0.25) is 4.79 Å². The SMILES string of the molecule is CC(C)C(=O)N1CCCC1C(=O)O. The average molecular weight is 185 g/mol. The molecule has 13 heavy (non-hydrogen) atoms. The van der Waals surface area contributed by atoms with Gasteiger partial charge in [-0.25, -0.2) is 4.79 Å². The van der Waals surface area contributed by atoms with E-state index in [-0.39, 0.29) is 11.8 Å². The minimum absolute atomic E-state index is 0.0510. The number of rotatable bonds is 2. The van der Waals surface area contributed by atoms with Crippen LogP contribution in [0.15, 0.2) is 0 Å². The highest BCUT2D eigenvalue weighted by atomic mass is 16.4. The molecule has 1 aliphatic heterocycles. The predicted molar refractivity (Wildman–Crippen MR) is 47.2 cm³/mol. The minimum atomic E-state index is -0.883. The molecule has 74 valence electrons. The lowest BCUT2D eigenvalue weighted by Gasteiger charge is -2.23. The van der Waals surface area contributed by atoms with Gasteiger partial charge in [-0.2, -0.15) is 0 Å². The van der Waals surface area contributed by atoms with Crippen molar-refractivity contribution in [3.05, 3.63) is 0 Å². The number of carbonyl (C=O) groups excluding carboxylic acids is 1. The summed E-state index contributed by atoms with van der Waals surface area (Å²) >= 11 is 0. The number of hydrogen-bond acceptors (Lipinski definition) is 2. The summed E-state index contributed by atoms with van der Waals surface area (Å²) in [6.07, 6.45) is 1.39. The number of hydrogen-bond donors (Lipinski definition) is 1. The van der Waals surface area contributed by atoms with Crippen LogP contribution in [0.3, 0.4) is 0 Å². The van der Waals surface area contributed by atoms with Crippen LogP contribution in [0, 0.1) is 5.92 Å². The van der Waals surface area contributed by atoms with E-state index in [1.54, 1.807) is 13.8 Å². The first-order chi connectivity index (χ1) is 6.04. The molecule has 1 heterocycles. The number of carboxylic acid groups (broad SMARTS) is 1. The molecule has 0 aromatic heterocycles. The van der Waals surface area contributed by atoms with Crippen LogP contribution in [-0.2, 0) is 9.59 Å². The molecule has 4 heteroatoms. The number of likely N-dealkylation sites (tertiary alicyclic amines) is 1. The van der Waals surface area contributed by atoms with Gasteiger partial charge in [-0.1, -0.05) is 13.8 Å². The van der Waals surface area contributed by atoms with Crippen molar-refractivity contribution in [2.45, 2.75) is 32.7 Å². The molecule has 1 fully saturated rings. The first-order valence-electron chi connectivity index (χ1n) is 4.57. The van der Waals surface area contributed by atoms with Gasteiger partial charge in [0, 0.05) is 12.5 Å². The van der Waals surface area contributed by atoms with Crippen LogP contribution in [0.1, 0.15) is 26.7 Å². The molecule has 1 amide bonds. The third-order valence-electron chi connectivity index (χ3n) is 2.31. The second-order valence-corrected chi connectivity index (χ2v) is 3.68. The Bertz CT molecular complexity index is 225. The lowest BCUT2D eigenvalue weighted by atomic mass is 10.1. The van der Waals surface area contributed by atoms with E-state index in [0.29, 0.717) is 13.0 Å². The van der Waals surface area contributed by atoms with Gasteiger partial charge in [-0.05, 0) is 12.8 Å². The molecule has 1 atom stereocenters. The molecule has 0 radical (unpaired) electrons. The molecule has 4 nitrogen and oxygen atoms in total. The van der Waals surface area contributed by atoms with E-state index in [1.807, 2.05) is 0 Å². The fourth-order valence-electron chi connectivity index (χ4n) is 1.62. The maximum atomic E-state index is 11.5. The van der Waals surface area contributed by atoms with Crippen LogP contribution < -0.4 is 0 Å². The van der Waals surface area contributed by atoms with E-state index in [4.69, 9.17) is 5.11 Å². The lowest BCUT2D eigenvalue weighted by molar-refractivity contribution is -0.149. The summed E-state index contributed by atoms with van der Waals surface area (Å²) in [5.74, 6) is -1.05. The standard InChI is InChI=1S/C9H15NO3/c1-6(2)8(11)10-5-3-4-7(10)9(12)13/h6-7H,3-5H2,1-2H3,(H,12,13). The summed E-state index contributed by atoms with van der Waals surface area (Å²) in [5.41, 5.74) is 0. The van der Waals surface area contributed by atoms with Crippen molar-refractivity contribution in [3.63, 3.8) is 0 Å². The first kappa shape index (κ1) is 10.0. The smallest absolute Gasteiger partial charge is 0.326 e. The van der Waals surface area contributed by atoms with Gasteiger partial charge in [0.05, 0.1) is 0 Å². The fourth-order valence-corrected chi connectivity index (χ4v) is 1.62. The first-order valence-corrected chi connectivity index (χ1v) is 4.57. The van der Waals surface area contributed by atoms with Crippen LogP contribution in [-0.4, -0.2) is 34.5 Å². The normalized spacial score (nSPS) is 22.4. The molecular weight excluding hydrogens is 170 g/mol. The van der Waals surface area contributed by atoms with Crippen LogP contribution in [0.5, 0.6) is 0 Å². The Morgan fingerprint density at radius 1 is 1.46 bits per heavy atom. The number of amides is 1. The number of carboxylic acids is 1. The van der Waals surface area contributed by atoms with Crippen molar-refractivity contribution in [2.75, 3.05) is 6.54 Å². The summed E-state index contributed by atoms with van der Waals surface area (Å²) in [4.78, 5) is 23.7. The van der Waals surface area contributed by atoms with E-state index < -0.39 is 12.0 Å². The zero-order valence-corrected chi connectivity index (χ0v) is 7.99. The van der Waals surface area contributed by atoms with Crippen molar-refractivity contribution in [3.8, 4) is 0 Å². The Balaban J connectivity index is 2.68. The van der Waals surface area contributed by atoms with Crippen molar-refractivity contribution >= 4 is 11.9 Å². The largest absolute Gasteiger partial charge is 0.480 e. The highest BCUT2D eigenvalue weighted by molar-refractivity contribution is 5.85. The Morgan fingerprint density at radius 2 is 2.08 bits per heavy atom. The van der Waals surface area contributed by atoms with E-state index >= 15 is 0 Å². The average Bonchev–Trinajstić information content (AvgIpc) is 2.50. The molecule has 0 aromatic rings. The van der Waals surface area contributed by atoms with Crippen LogP contribution >= 0.6 is 0 Å². The summed E-state index contributed by atoms with van der Waals surface area (Å²) in [6, 6.07) is -0.588. The molecule has 0 saturated carbocycles. The van der Waals surface area contributed by atoms with Gasteiger partial charge in [0.25, 0.3) is 0 Å². The number of nitrogens with zero attached hydrogens (tertiary/aromatic N) is 1. The summed E-state index contributed by atoms with van der Waals surface area (Å²) in [7, 11) is 0. The number of carbonyl (C=O) groups is 2. The van der Waals surface area contributed by atoms with Gasteiger partial charge in [0.2, 0.25) is 5.91 Å². The van der Waals surface area contributed by atoms with Gasteiger partial charge in [0.15, 0.2) is 0 Å². The number of aliphatic carboxylic acids is 1. The Labute approximate surface area is 77.5 Å². The fraction of sp³-hybridized carbons (Fsp3) is 0.778. The Hall–Kier alpha value is -1.06. The predicted octanol–water partition coefficient (Wildman–Crippen LogP) is 0.718. The molecule has 1 saturated heterocycles. The van der Waals surface area contributed by atoms with Gasteiger partial charge >= 0.3 is 5.97 Å². The maximum absolute atomic E-state index is 11.5. The molecule has 0 aliphatic carbocycles. The van der Waals surface area contributed by atoms with Gasteiger partial charge < -0.3 is 10.0 Å². The molecule has 1 aliphatic rings. The second-order valence-electron chi connectivity index (χ2n) is 3.68. The Kier molecular flexibility index (Phi) is 2.90. The molecule has 1 rings (SSSR count). The lowest BCUT2D eigenvalue weighted by Crippen LogP contribution is -2.42. The highest BCUT2D eigenvalue weighted by Gasteiger charge is 2.34. The zero-order chi connectivity index (χ0) is 10.0. The molecular formula is C9H15NO3. The highest BCUT2D eigenvalue weighted by Crippen LogP contribution is 2.19. The summed E-state index contributed by atoms with van der Waals surface area (Å²) in [6.45, 7) is 4.17. The van der Waals surface area contributed by atoms with Gasteiger partial charge in [-0.15, -0.1) is 0 Å². The second kappa shape index (κ2) is 3.77. The monoisotopic (exact) mass is 185 g/mol. The molecule has 0 aromatic carbocycles. The van der Waals surface area contributed by atoms with Crippen molar-refractivity contribution < 1.29 is 14.7 Å². The van der Waals surface area contributed by atoms with Crippen LogP contribution in [0.2, 0.25) is 0 Å². The van der Waals surface area contributed by atoms with E-state index in [0.717, 1.165) is 6.42 Å². The van der Waals surface area contributed by atoms with E-state index in [9.17, 15) is 9.59 Å². The summed E-state index contributed by atoms with van der Waals surface area (Å²) < 4.78 is 0. The van der Waals surface area contributed by atoms with Crippen molar-refractivity contribution in [2.24, 2.45) is 5.92 Å². The maximum Gasteiger partial charge on any atom is 0.326 e. The third kappa shape index (κ3) is 1.99. The van der Waals surface area contributed by atoms with Gasteiger partial charge in [0.1, 0.15) is 6.04 Å².